The van der Waals surface area contributed by atoms with E-state index in [1.165, 1.54) is 0 Å². The monoisotopic (exact) mass is 321 g/mol. The van der Waals surface area contributed by atoms with Crippen LogP contribution in [0, 0.1) is 5.41 Å². The van der Waals surface area contributed by atoms with Gasteiger partial charge in [-0.15, -0.1) is 0 Å². The summed E-state index contributed by atoms with van der Waals surface area (Å²) in [5, 5.41) is 0. The smallest absolute Gasteiger partial charge is 0.254 e. The fourth-order valence-corrected chi connectivity index (χ4v) is 2.39. The molecule has 0 N–H and O–H groups in total. The van der Waals surface area contributed by atoms with E-state index in [0.29, 0.717) is 18.7 Å². The molecule has 0 radical (unpaired) electrons. The first-order valence-electron chi connectivity index (χ1n) is 8.04. The summed E-state index contributed by atoms with van der Waals surface area (Å²) >= 11 is 0. The first-order valence-corrected chi connectivity index (χ1v) is 8.04. The van der Waals surface area contributed by atoms with Gasteiger partial charge in [-0.1, -0.05) is 74.5 Å². The van der Waals surface area contributed by atoms with E-state index in [2.05, 4.69) is 0 Å². The van der Waals surface area contributed by atoms with Crippen molar-refractivity contribution in [1.29, 1.82) is 0 Å². The zero-order valence-electron chi connectivity index (χ0n) is 14.2. The number of carbonyl (C=O) groups is 2. The Kier molecular flexibility index (Phi) is 6.07. The molecular formula is C21H23NO2. The molecule has 24 heavy (non-hydrogen) atoms. The van der Waals surface area contributed by atoms with Crippen molar-refractivity contribution in [2.75, 3.05) is 13.1 Å². The molecule has 0 atom stereocenters. The highest BCUT2D eigenvalue weighted by atomic mass is 16.2. The van der Waals surface area contributed by atoms with Gasteiger partial charge in [0.2, 0.25) is 0 Å². The van der Waals surface area contributed by atoms with E-state index in [9.17, 15) is 9.59 Å². The fourth-order valence-electron chi connectivity index (χ4n) is 2.39. The van der Waals surface area contributed by atoms with Gasteiger partial charge in [-0.05, 0) is 17.7 Å². The summed E-state index contributed by atoms with van der Waals surface area (Å²) in [6, 6.07) is 19.1. The molecule has 1 amide bonds. The van der Waals surface area contributed by atoms with Gasteiger partial charge in [0.1, 0.15) is 6.29 Å². The van der Waals surface area contributed by atoms with Crippen LogP contribution < -0.4 is 0 Å². The summed E-state index contributed by atoms with van der Waals surface area (Å²) in [7, 11) is 0. The van der Waals surface area contributed by atoms with E-state index in [0.717, 1.165) is 11.8 Å². The third-order valence-electron chi connectivity index (χ3n) is 3.66. The summed E-state index contributed by atoms with van der Waals surface area (Å²) in [5.41, 5.74) is 1.14. The van der Waals surface area contributed by atoms with Crippen LogP contribution in [0.4, 0.5) is 0 Å². The molecule has 124 valence electrons. The predicted octanol–water partition coefficient (Wildman–Crippen LogP) is 4.07. The van der Waals surface area contributed by atoms with Gasteiger partial charge in [-0.3, -0.25) is 4.79 Å². The number of nitrogens with zero attached hydrogens (tertiary/aromatic N) is 1. The summed E-state index contributed by atoms with van der Waals surface area (Å²) in [6.45, 7) is 4.52. The summed E-state index contributed by atoms with van der Waals surface area (Å²) in [6.07, 6.45) is 4.84. The largest absolute Gasteiger partial charge is 0.334 e. The maximum Gasteiger partial charge on any atom is 0.254 e. The Balaban J connectivity index is 2.15. The average molecular weight is 321 g/mol. The number of hydrogen-bond acceptors (Lipinski definition) is 2. The number of carbonyl (C=O) groups excluding carboxylic acids is 2. The van der Waals surface area contributed by atoms with E-state index in [1.54, 1.807) is 17.0 Å². The SMILES string of the molecule is CC(C)(C=O)CN(C/C=C/c1ccccc1)C(=O)c1ccccc1. The molecule has 0 aliphatic rings. The van der Waals surface area contributed by atoms with Gasteiger partial charge in [0.05, 0.1) is 0 Å². The molecule has 0 saturated carbocycles. The van der Waals surface area contributed by atoms with E-state index in [-0.39, 0.29) is 5.91 Å². The molecule has 0 bridgehead atoms. The molecule has 0 aliphatic carbocycles. The Labute approximate surface area is 143 Å². The van der Waals surface area contributed by atoms with E-state index in [1.807, 2.05) is 74.5 Å². The van der Waals surface area contributed by atoms with Gasteiger partial charge in [0, 0.05) is 24.1 Å². The fraction of sp³-hybridized carbons (Fsp3) is 0.238. The van der Waals surface area contributed by atoms with Gasteiger partial charge in [0.15, 0.2) is 0 Å². The number of amides is 1. The van der Waals surface area contributed by atoms with E-state index >= 15 is 0 Å². The molecule has 3 heteroatoms. The third kappa shape index (κ3) is 5.20. The zero-order valence-corrected chi connectivity index (χ0v) is 14.2. The highest BCUT2D eigenvalue weighted by Crippen LogP contribution is 2.16. The molecule has 3 nitrogen and oxygen atoms in total. The van der Waals surface area contributed by atoms with Crippen LogP contribution in [-0.2, 0) is 4.79 Å². The summed E-state index contributed by atoms with van der Waals surface area (Å²) in [4.78, 5) is 25.7. The lowest BCUT2D eigenvalue weighted by Crippen LogP contribution is -2.39. The van der Waals surface area contributed by atoms with Gasteiger partial charge < -0.3 is 9.69 Å². The molecule has 0 aliphatic heterocycles. The highest BCUT2D eigenvalue weighted by Gasteiger charge is 2.24. The first kappa shape index (κ1) is 17.7. The van der Waals surface area contributed by atoms with Crippen LogP contribution in [0.3, 0.4) is 0 Å². The number of rotatable bonds is 7. The Morgan fingerprint density at radius 2 is 1.58 bits per heavy atom. The van der Waals surface area contributed by atoms with Crippen molar-refractivity contribution in [2.45, 2.75) is 13.8 Å². The van der Waals surface area contributed by atoms with Crippen molar-refractivity contribution < 1.29 is 9.59 Å². The van der Waals surface area contributed by atoms with Crippen LogP contribution in [0.2, 0.25) is 0 Å². The van der Waals surface area contributed by atoms with Gasteiger partial charge in [0.25, 0.3) is 5.91 Å². The van der Waals surface area contributed by atoms with Gasteiger partial charge in [-0.25, -0.2) is 0 Å². The second kappa shape index (κ2) is 8.25. The van der Waals surface area contributed by atoms with Crippen molar-refractivity contribution in [3.8, 4) is 0 Å². The lowest BCUT2D eigenvalue weighted by atomic mass is 9.94. The van der Waals surface area contributed by atoms with Crippen molar-refractivity contribution in [1.82, 2.24) is 4.90 Å². The van der Waals surface area contributed by atoms with Crippen molar-refractivity contribution in [3.05, 3.63) is 77.9 Å². The van der Waals surface area contributed by atoms with Crippen molar-refractivity contribution in [2.24, 2.45) is 5.41 Å². The van der Waals surface area contributed by atoms with Crippen molar-refractivity contribution >= 4 is 18.3 Å². The lowest BCUT2D eigenvalue weighted by Gasteiger charge is -2.28. The van der Waals surface area contributed by atoms with Gasteiger partial charge in [-0.2, -0.15) is 0 Å². The maximum atomic E-state index is 12.8. The zero-order chi connectivity index (χ0) is 17.4. The molecule has 0 fully saturated rings. The molecule has 0 saturated heterocycles. The molecule has 0 spiro atoms. The van der Waals surface area contributed by atoms with Gasteiger partial charge >= 0.3 is 0 Å². The Morgan fingerprint density at radius 1 is 1.00 bits per heavy atom. The van der Waals surface area contributed by atoms with Crippen molar-refractivity contribution in [3.63, 3.8) is 0 Å². The quantitative estimate of drug-likeness (QED) is 0.721. The van der Waals surface area contributed by atoms with Crippen LogP contribution >= 0.6 is 0 Å². The normalized spacial score (nSPS) is 11.4. The minimum absolute atomic E-state index is 0.0664. The standard InChI is InChI=1S/C21H23NO2/c1-21(2,17-23)16-22(20(24)19-13-7-4-8-14-19)15-9-12-18-10-5-3-6-11-18/h3-14,17H,15-16H2,1-2H3/b12-9+. The topological polar surface area (TPSA) is 37.4 Å². The van der Waals surface area contributed by atoms with E-state index < -0.39 is 5.41 Å². The van der Waals surface area contributed by atoms with Crippen LogP contribution in [0.5, 0.6) is 0 Å². The third-order valence-corrected chi connectivity index (χ3v) is 3.66. The van der Waals surface area contributed by atoms with Crippen LogP contribution in [0.1, 0.15) is 29.8 Å². The minimum atomic E-state index is -0.578. The minimum Gasteiger partial charge on any atom is -0.334 e. The maximum absolute atomic E-state index is 12.8. The second-order valence-electron chi connectivity index (χ2n) is 6.47. The van der Waals surface area contributed by atoms with Crippen LogP contribution in [0.25, 0.3) is 6.08 Å². The summed E-state index contributed by atoms with van der Waals surface area (Å²) in [5.74, 6) is -0.0664. The Morgan fingerprint density at radius 3 is 2.17 bits per heavy atom. The van der Waals surface area contributed by atoms with Crippen LogP contribution in [0.15, 0.2) is 66.7 Å². The molecule has 2 aromatic carbocycles. The number of hydrogen-bond donors (Lipinski definition) is 0. The first-order chi connectivity index (χ1) is 11.5. The molecule has 0 unspecified atom stereocenters. The average Bonchev–Trinajstić information content (AvgIpc) is 2.62. The molecule has 0 aromatic heterocycles. The predicted molar refractivity (Wildman–Crippen MR) is 97.7 cm³/mol. The molecule has 2 rings (SSSR count). The molecule has 0 heterocycles. The molecular weight excluding hydrogens is 298 g/mol. The number of benzene rings is 2. The second-order valence-corrected chi connectivity index (χ2v) is 6.47. The Bertz CT molecular complexity index is 690. The molecule has 2 aromatic rings. The Hall–Kier alpha value is -2.68. The van der Waals surface area contributed by atoms with E-state index in [4.69, 9.17) is 0 Å². The van der Waals surface area contributed by atoms with Crippen LogP contribution in [-0.4, -0.2) is 30.2 Å². The lowest BCUT2D eigenvalue weighted by molar-refractivity contribution is -0.115. The summed E-state index contributed by atoms with van der Waals surface area (Å²) < 4.78 is 0. The highest BCUT2D eigenvalue weighted by molar-refractivity contribution is 5.94. The number of aldehydes is 1.